The second-order valence-electron chi connectivity index (χ2n) is 4.40. The molecule has 20 heavy (non-hydrogen) atoms. The Hall–Kier alpha value is -2.20. The number of aliphatic carboxylic acids is 4. The molecular formula is C10H14N2O8. The first-order chi connectivity index (χ1) is 9.20. The summed E-state index contributed by atoms with van der Waals surface area (Å²) < 4.78 is 0. The zero-order chi connectivity index (χ0) is 15.5. The highest BCUT2D eigenvalue weighted by atomic mass is 16.4. The van der Waals surface area contributed by atoms with Crippen molar-refractivity contribution in [3.8, 4) is 0 Å². The van der Waals surface area contributed by atoms with Crippen LogP contribution in [0.3, 0.4) is 0 Å². The summed E-state index contributed by atoms with van der Waals surface area (Å²) in [7, 11) is 0. The molecule has 0 aromatic heterocycles. The first kappa shape index (κ1) is 15.9. The summed E-state index contributed by atoms with van der Waals surface area (Å²) in [6, 6.07) is -2.53. The van der Waals surface area contributed by atoms with E-state index in [0.717, 1.165) is 0 Å². The van der Waals surface area contributed by atoms with Gasteiger partial charge < -0.3 is 20.4 Å². The minimum atomic E-state index is -1.69. The van der Waals surface area contributed by atoms with Gasteiger partial charge in [-0.25, -0.2) is 0 Å². The van der Waals surface area contributed by atoms with Gasteiger partial charge in [-0.15, -0.1) is 0 Å². The third kappa shape index (κ3) is 3.42. The Balaban J connectivity index is 2.62. The van der Waals surface area contributed by atoms with Gasteiger partial charge in [0.25, 0.3) is 0 Å². The molecule has 0 bridgehead atoms. The molecule has 0 saturated carbocycles. The summed E-state index contributed by atoms with van der Waals surface area (Å²) >= 11 is 0. The van der Waals surface area contributed by atoms with E-state index >= 15 is 0 Å². The third-order valence-electron chi connectivity index (χ3n) is 3.07. The molecule has 0 aliphatic carbocycles. The molecule has 3 atom stereocenters. The smallest absolute Gasteiger partial charge is 0.326 e. The van der Waals surface area contributed by atoms with Crippen LogP contribution >= 0.6 is 0 Å². The Morgan fingerprint density at radius 1 is 1.15 bits per heavy atom. The fraction of sp³-hybridized carbons (Fsp3) is 0.600. The predicted octanol–water partition coefficient (Wildman–Crippen LogP) is -2.23. The molecule has 112 valence electrons. The summed E-state index contributed by atoms with van der Waals surface area (Å²) in [4.78, 5) is 43.0. The molecule has 0 radical (unpaired) electrons. The van der Waals surface area contributed by atoms with Gasteiger partial charge in [-0.05, 0) is 12.8 Å². The molecular weight excluding hydrogens is 276 g/mol. The van der Waals surface area contributed by atoms with E-state index < -0.39 is 48.0 Å². The highest BCUT2D eigenvalue weighted by molar-refractivity contribution is 5.95. The van der Waals surface area contributed by atoms with Gasteiger partial charge in [0.1, 0.15) is 17.6 Å². The van der Waals surface area contributed by atoms with Crippen molar-refractivity contribution < 1.29 is 39.6 Å². The van der Waals surface area contributed by atoms with Crippen LogP contribution < -0.4 is 10.6 Å². The second kappa shape index (κ2) is 5.84. The van der Waals surface area contributed by atoms with Crippen LogP contribution in [0.1, 0.15) is 12.8 Å². The average molecular weight is 290 g/mol. The Kier molecular flexibility index (Phi) is 4.63. The number of carboxylic acids is 4. The lowest BCUT2D eigenvalue weighted by molar-refractivity contribution is -0.145. The largest absolute Gasteiger partial charge is 0.480 e. The van der Waals surface area contributed by atoms with Gasteiger partial charge >= 0.3 is 23.9 Å². The number of carboxylic acid groups (broad SMARTS) is 4. The van der Waals surface area contributed by atoms with E-state index in [9.17, 15) is 19.2 Å². The molecule has 0 spiro atoms. The van der Waals surface area contributed by atoms with Crippen molar-refractivity contribution in [3.05, 3.63) is 0 Å². The number of carbonyl (C=O) groups is 4. The SMILES string of the molecule is O=C(O)CNC(CCC1(C(=O)O)NC1C(=O)O)C(=O)O. The summed E-state index contributed by atoms with van der Waals surface area (Å²) in [5, 5.41) is 39.6. The quantitative estimate of drug-likeness (QED) is 0.254. The van der Waals surface area contributed by atoms with Gasteiger partial charge in [-0.3, -0.25) is 29.8 Å². The normalized spacial score (nSPS) is 25.7. The number of nitrogens with one attached hydrogen (secondary N) is 2. The van der Waals surface area contributed by atoms with E-state index in [1.165, 1.54) is 0 Å². The van der Waals surface area contributed by atoms with Gasteiger partial charge in [0.15, 0.2) is 0 Å². The van der Waals surface area contributed by atoms with Gasteiger partial charge in [0, 0.05) is 0 Å². The first-order valence-electron chi connectivity index (χ1n) is 5.62. The van der Waals surface area contributed by atoms with Crippen molar-refractivity contribution in [2.24, 2.45) is 0 Å². The lowest BCUT2D eigenvalue weighted by atomic mass is 9.96. The molecule has 10 nitrogen and oxygen atoms in total. The van der Waals surface area contributed by atoms with E-state index in [1.54, 1.807) is 0 Å². The van der Waals surface area contributed by atoms with Gasteiger partial charge in [0.2, 0.25) is 0 Å². The van der Waals surface area contributed by atoms with E-state index in [4.69, 9.17) is 20.4 Å². The first-order valence-corrected chi connectivity index (χ1v) is 5.62. The minimum absolute atomic E-state index is 0.217. The summed E-state index contributed by atoms with van der Waals surface area (Å²) in [5.41, 5.74) is -1.69. The van der Waals surface area contributed by atoms with Gasteiger partial charge in [-0.1, -0.05) is 0 Å². The zero-order valence-corrected chi connectivity index (χ0v) is 10.2. The molecule has 0 amide bonds. The molecule has 10 heteroatoms. The molecule has 6 N–H and O–H groups in total. The second-order valence-corrected chi connectivity index (χ2v) is 4.40. The Morgan fingerprint density at radius 3 is 2.10 bits per heavy atom. The monoisotopic (exact) mass is 290 g/mol. The van der Waals surface area contributed by atoms with Gasteiger partial charge in [0.05, 0.1) is 6.54 Å². The van der Waals surface area contributed by atoms with Crippen LogP contribution in [0, 0.1) is 0 Å². The molecule has 1 saturated heterocycles. The van der Waals surface area contributed by atoms with E-state index in [2.05, 4.69) is 10.6 Å². The van der Waals surface area contributed by atoms with Crippen LogP contribution in [-0.4, -0.2) is 68.5 Å². The summed E-state index contributed by atoms with van der Waals surface area (Å²) in [6.07, 6.45) is -0.464. The fourth-order valence-corrected chi connectivity index (χ4v) is 1.89. The van der Waals surface area contributed by atoms with Crippen LogP contribution in [0.5, 0.6) is 0 Å². The van der Waals surface area contributed by atoms with Crippen LogP contribution in [0.25, 0.3) is 0 Å². The molecule has 1 heterocycles. The van der Waals surface area contributed by atoms with Crippen LogP contribution in [0.15, 0.2) is 0 Å². The predicted molar refractivity (Wildman–Crippen MR) is 61.2 cm³/mol. The molecule has 1 aliphatic rings. The third-order valence-corrected chi connectivity index (χ3v) is 3.07. The van der Waals surface area contributed by atoms with Gasteiger partial charge in [-0.2, -0.15) is 0 Å². The van der Waals surface area contributed by atoms with Crippen molar-refractivity contribution in [1.29, 1.82) is 0 Å². The highest BCUT2D eigenvalue weighted by Gasteiger charge is 2.64. The number of rotatable bonds is 9. The number of hydrogen-bond acceptors (Lipinski definition) is 6. The van der Waals surface area contributed by atoms with Crippen molar-refractivity contribution >= 4 is 23.9 Å². The molecule has 1 fully saturated rings. The maximum Gasteiger partial charge on any atom is 0.326 e. The minimum Gasteiger partial charge on any atom is -0.480 e. The highest BCUT2D eigenvalue weighted by Crippen LogP contribution is 2.32. The van der Waals surface area contributed by atoms with Crippen molar-refractivity contribution in [1.82, 2.24) is 10.6 Å². The zero-order valence-electron chi connectivity index (χ0n) is 10.2. The maximum absolute atomic E-state index is 11.1. The molecule has 3 unspecified atom stereocenters. The molecule has 1 rings (SSSR count). The fourth-order valence-electron chi connectivity index (χ4n) is 1.89. The summed E-state index contributed by atoms with van der Waals surface area (Å²) in [6.45, 7) is -0.590. The standard InChI is InChI=1S/C10H14N2O8/c13-5(14)3-11-4(7(15)16)1-2-10(9(19)20)6(12-10)8(17)18/h4,6,11-12H,1-3H2,(H,13,14)(H,15,16)(H,17,18)(H,19,20). The van der Waals surface area contributed by atoms with Crippen molar-refractivity contribution in [2.45, 2.75) is 30.5 Å². The van der Waals surface area contributed by atoms with Crippen molar-refractivity contribution in [2.75, 3.05) is 6.54 Å². The maximum atomic E-state index is 11.1. The molecule has 0 aromatic carbocycles. The lowest BCUT2D eigenvalue weighted by Gasteiger charge is -2.15. The average Bonchev–Trinajstić information content (AvgIpc) is 3.04. The van der Waals surface area contributed by atoms with E-state index in [0.29, 0.717) is 0 Å². The molecule has 0 aromatic rings. The van der Waals surface area contributed by atoms with Crippen LogP contribution in [0.4, 0.5) is 0 Å². The Morgan fingerprint density at radius 2 is 1.75 bits per heavy atom. The molecule has 1 aliphatic heterocycles. The van der Waals surface area contributed by atoms with E-state index in [-0.39, 0.29) is 12.8 Å². The van der Waals surface area contributed by atoms with Crippen LogP contribution in [0.2, 0.25) is 0 Å². The lowest BCUT2D eigenvalue weighted by Crippen LogP contribution is -2.42. The van der Waals surface area contributed by atoms with E-state index in [1.807, 2.05) is 0 Å². The Labute approximate surface area is 112 Å². The topological polar surface area (TPSA) is 183 Å². The summed E-state index contributed by atoms with van der Waals surface area (Å²) in [5.74, 6) is -5.30. The Bertz CT molecular complexity index is 451. The van der Waals surface area contributed by atoms with Crippen molar-refractivity contribution in [3.63, 3.8) is 0 Å². The van der Waals surface area contributed by atoms with Crippen LogP contribution in [-0.2, 0) is 19.2 Å². The number of hydrogen-bond donors (Lipinski definition) is 6.